The van der Waals surface area contributed by atoms with Crippen LogP contribution in [0, 0.1) is 6.92 Å². The summed E-state index contributed by atoms with van der Waals surface area (Å²) in [5.41, 5.74) is 7.33. The predicted molar refractivity (Wildman–Crippen MR) is 53.7 cm³/mol. The van der Waals surface area contributed by atoms with Crippen LogP contribution in [0.4, 0.5) is 5.69 Å². The lowest BCUT2D eigenvalue weighted by molar-refractivity contribution is 1.24. The zero-order valence-electron chi connectivity index (χ0n) is 7.29. The van der Waals surface area contributed by atoms with Crippen molar-refractivity contribution in [2.75, 3.05) is 5.73 Å². The van der Waals surface area contributed by atoms with Gasteiger partial charge in [0, 0.05) is 22.7 Å². The van der Waals surface area contributed by atoms with Gasteiger partial charge in [0.25, 0.3) is 5.56 Å². The lowest BCUT2D eigenvalue weighted by Gasteiger charge is -2.03. The van der Waals surface area contributed by atoms with Crippen molar-refractivity contribution < 1.29 is 0 Å². The van der Waals surface area contributed by atoms with Crippen LogP contribution in [0.2, 0.25) is 0 Å². The van der Waals surface area contributed by atoms with Gasteiger partial charge in [0.15, 0.2) is 0 Å². The number of anilines is 1. The molecule has 3 N–H and O–H groups in total. The van der Waals surface area contributed by atoms with Crippen molar-refractivity contribution in [2.45, 2.75) is 6.92 Å². The van der Waals surface area contributed by atoms with E-state index in [0.29, 0.717) is 11.1 Å². The van der Waals surface area contributed by atoms with Gasteiger partial charge in [-0.2, -0.15) is 0 Å². The van der Waals surface area contributed by atoms with Crippen molar-refractivity contribution >= 4 is 16.5 Å². The molecular weight excluding hydrogens is 164 g/mol. The Morgan fingerprint density at radius 3 is 2.85 bits per heavy atom. The highest BCUT2D eigenvalue weighted by Crippen LogP contribution is 2.20. The number of hydrogen-bond donors (Lipinski definition) is 2. The number of pyridine rings is 1. The zero-order chi connectivity index (χ0) is 9.42. The van der Waals surface area contributed by atoms with Crippen molar-refractivity contribution in [3.05, 3.63) is 40.3 Å². The third kappa shape index (κ3) is 1.09. The molecule has 2 aromatic rings. The molecule has 0 amide bonds. The van der Waals surface area contributed by atoms with Crippen molar-refractivity contribution in [1.82, 2.24) is 4.98 Å². The van der Waals surface area contributed by atoms with Gasteiger partial charge in [-0.15, -0.1) is 0 Å². The van der Waals surface area contributed by atoms with Crippen LogP contribution in [0.15, 0.2) is 29.2 Å². The number of nitrogens with two attached hydrogens (primary N) is 1. The van der Waals surface area contributed by atoms with Crippen LogP contribution >= 0.6 is 0 Å². The molecule has 0 atom stereocenters. The molecule has 0 saturated carbocycles. The fraction of sp³-hybridized carbons (Fsp3) is 0.100. The minimum atomic E-state index is -0.0899. The van der Waals surface area contributed by atoms with E-state index in [-0.39, 0.29) is 5.56 Å². The predicted octanol–water partition coefficient (Wildman–Crippen LogP) is 1.42. The summed E-state index contributed by atoms with van der Waals surface area (Å²) in [7, 11) is 0. The van der Waals surface area contributed by atoms with Gasteiger partial charge in [0.05, 0.1) is 0 Å². The van der Waals surface area contributed by atoms with E-state index < -0.39 is 0 Å². The maximum absolute atomic E-state index is 11.4. The zero-order valence-corrected chi connectivity index (χ0v) is 7.29. The Balaban J connectivity index is 3.09. The molecule has 13 heavy (non-hydrogen) atoms. The topological polar surface area (TPSA) is 58.9 Å². The molecule has 66 valence electrons. The van der Waals surface area contributed by atoms with Gasteiger partial charge < -0.3 is 10.7 Å². The maximum Gasteiger partial charge on any atom is 0.255 e. The molecule has 3 nitrogen and oxygen atoms in total. The van der Waals surface area contributed by atoms with Crippen LogP contribution in [0.5, 0.6) is 0 Å². The van der Waals surface area contributed by atoms with E-state index in [2.05, 4.69) is 4.98 Å². The molecule has 1 heterocycles. The Morgan fingerprint density at radius 1 is 1.38 bits per heavy atom. The Labute approximate surface area is 75.2 Å². The van der Waals surface area contributed by atoms with Gasteiger partial charge in [-0.05, 0) is 24.6 Å². The number of hydrogen-bond acceptors (Lipinski definition) is 2. The molecule has 3 heteroatoms. The highest BCUT2D eigenvalue weighted by Gasteiger charge is 2.03. The number of aryl methyl sites for hydroxylation is 1. The molecule has 0 radical (unpaired) electrons. The Kier molecular flexibility index (Phi) is 1.59. The molecule has 0 aliphatic carbocycles. The second-order valence-corrected chi connectivity index (χ2v) is 3.07. The van der Waals surface area contributed by atoms with Gasteiger partial charge in [0.1, 0.15) is 0 Å². The van der Waals surface area contributed by atoms with Gasteiger partial charge in [-0.3, -0.25) is 4.79 Å². The number of rotatable bonds is 0. The molecule has 0 aliphatic rings. The SMILES string of the molecule is Cc1c[nH]c(=O)c2cccc(N)c12. The molecule has 1 aromatic carbocycles. The quantitative estimate of drug-likeness (QED) is 0.593. The van der Waals surface area contributed by atoms with E-state index in [0.717, 1.165) is 10.9 Å². The Bertz CT molecular complexity index is 506. The second-order valence-electron chi connectivity index (χ2n) is 3.07. The average Bonchev–Trinajstić information content (AvgIpc) is 2.12. The molecule has 2 rings (SSSR count). The average molecular weight is 174 g/mol. The first-order valence-corrected chi connectivity index (χ1v) is 4.06. The van der Waals surface area contributed by atoms with Gasteiger partial charge >= 0.3 is 0 Å². The molecule has 0 spiro atoms. The van der Waals surface area contributed by atoms with Crippen LogP contribution in [0.3, 0.4) is 0 Å². The van der Waals surface area contributed by atoms with Crippen LogP contribution in [-0.4, -0.2) is 4.98 Å². The number of nitrogens with one attached hydrogen (secondary N) is 1. The van der Waals surface area contributed by atoms with Gasteiger partial charge in [-0.1, -0.05) is 6.07 Å². The van der Waals surface area contributed by atoms with E-state index >= 15 is 0 Å². The third-order valence-electron chi connectivity index (χ3n) is 2.16. The number of fused-ring (bicyclic) bond motifs is 1. The summed E-state index contributed by atoms with van der Waals surface area (Å²) >= 11 is 0. The van der Waals surface area contributed by atoms with E-state index in [1.807, 2.05) is 6.92 Å². The van der Waals surface area contributed by atoms with Gasteiger partial charge in [0.2, 0.25) is 0 Å². The molecule has 1 aromatic heterocycles. The standard InChI is InChI=1S/C10H10N2O/c1-6-5-12-10(13)7-3-2-4-8(11)9(6)7/h2-5H,11H2,1H3,(H,12,13). The fourth-order valence-corrected chi connectivity index (χ4v) is 1.52. The third-order valence-corrected chi connectivity index (χ3v) is 2.16. The minimum Gasteiger partial charge on any atom is -0.398 e. The first-order chi connectivity index (χ1) is 6.20. The summed E-state index contributed by atoms with van der Waals surface area (Å²) in [6, 6.07) is 5.36. The highest BCUT2D eigenvalue weighted by molar-refractivity contribution is 5.94. The van der Waals surface area contributed by atoms with E-state index in [1.54, 1.807) is 24.4 Å². The highest BCUT2D eigenvalue weighted by atomic mass is 16.1. The van der Waals surface area contributed by atoms with E-state index in [4.69, 9.17) is 5.73 Å². The summed E-state index contributed by atoms with van der Waals surface area (Å²) in [4.78, 5) is 14.0. The van der Waals surface area contributed by atoms with Crippen molar-refractivity contribution in [2.24, 2.45) is 0 Å². The lowest BCUT2D eigenvalue weighted by atomic mass is 10.1. The van der Waals surface area contributed by atoms with Crippen LogP contribution in [-0.2, 0) is 0 Å². The van der Waals surface area contributed by atoms with Crippen LogP contribution in [0.25, 0.3) is 10.8 Å². The monoisotopic (exact) mass is 174 g/mol. The number of H-pyrrole nitrogens is 1. The molecular formula is C10H10N2O. The van der Waals surface area contributed by atoms with Gasteiger partial charge in [-0.25, -0.2) is 0 Å². The Hall–Kier alpha value is -1.77. The largest absolute Gasteiger partial charge is 0.398 e. The maximum atomic E-state index is 11.4. The van der Waals surface area contributed by atoms with Crippen molar-refractivity contribution in [3.8, 4) is 0 Å². The number of nitrogen functional groups attached to an aromatic ring is 1. The summed E-state index contributed by atoms with van der Waals surface area (Å²) in [6.45, 7) is 1.93. The van der Waals surface area contributed by atoms with Crippen LogP contribution < -0.4 is 11.3 Å². The van der Waals surface area contributed by atoms with E-state index in [9.17, 15) is 4.79 Å². The summed E-state index contributed by atoms with van der Waals surface area (Å²) in [6.07, 6.45) is 1.68. The summed E-state index contributed by atoms with van der Waals surface area (Å²) in [5.74, 6) is 0. The number of aromatic nitrogens is 1. The lowest BCUT2D eigenvalue weighted by Crippen LogP contribution is -2.06. The fourth-order valence-electron chi connectivity index (χ4n) is 1.52. The smallest absolute Gasteiger partial charge is 0.255 e. The molecule has 0 saturated heterocycles. The number of aromatic amines is 1. The molecule has 0 aliphatic heterocycles. The molecule has 0 fully saturated rings. The summed E-state index contributed by atoms with van der Waals surface area (Å²) < 4.78 is 0. The molecule has 0 bridgehead atoms. The first-order valence-electron chi connectivity index (χ1n) is 4.06. The van der Waals surface area contributed by atoms with E-state index in [1.165, 1.54) is 0 Å². The van der Waals surface area contributed by atoms with Crippen molar-refractivity contribution in [3.63, 3.8) is 0 Å². The summed E-state index contributed by atoms with van der Waals surface area (Å²) in [5, 5.41) is 1.51. The van der Waals surface area contributed by atoms with Crippen LogP contribution in [0.1, 0.15) is 5.56 Å². The minimum absolute atomic E-state index is 0.0899. The molecule has 0 unspecified atom stereocenters. The second kappa shape index (κ2) is 2.62. The number of benzene rings is 1. The van der Waals surface area contributed by atoms with Crippen molar-refractivity contribution in [1.29, 1.82) is 0 Å². The Morgan fingerprint density at radius 2 is 2.15 bits per heavy atom. The first kappa shape index (κ1) is 7.86. The normalized spacial score (nSPS) is 10.5.